The lowest BCUT2D eigenvalue weighted by Crippen LogP contribution is -2.02. The fourth-order valence-electron chi connectivity index (χ4n) is 1.68. The van der Waals surface area contributed by atoms with Gasteiger partial charge in [0.25, 0.3) is 0 Å². The van der Waals surface area contributed by atoms with Crippen LogP contribution in [0.1, 0.15) is 27.0 Å². The van der Waals surface area contributed by atoms with E-state index in [4.69, 9.17) is 23.2 Å². The maximum atomic E-state index is 12.1. The molecule has 1 aromatic carbocycles. The van der Waals surface area contributed by atoms with Crippen molar-refractivity contribution >= 4 is 40.3 Å². The van der Waals surface area contributed by atoms with Crippen LogP contribution in [0, 0.1) is 0 Å². The minimum atomic E-state index is 0.0289. The molecular formula is C14H12Cl2OS. The van der Waals surface area contributed by atoms with Gasteiger partial charge >= 0.3 is 0 Å². The maximum Gasteiger partial charge on any atom is 0.169 e. The van der Waals surface area contributed by atoms with Crippen LogP contribution in [0.2, 0.25) is 10.0 Å². The Labute approximate surface area is 120 Å². The van der Waals surface area contributed by atoms with Gasteiger partial charge in [-0.2, -0.15) is 0 Å². The van der Waals surface area contributed by atoms with E-state index < -0.39 is 0 Å². The predicted molar refractivity (Wildman–Crippen MR) is 78.2 cm³/mol. The molecule has 4 heteroatoms. The lowest BCUT2D eigenvalue weighted by atomic mass is 10.1. The highest BCUT2D eigenvalue weighted by atomic mass is 35.5. The molecule has 2 rings (SSSR count). The molecule has 0 amide bonds. The van der Waals surface area contributed by atoms with E-state index in [2.05, 4.69) is 13.0 Å². The summed E-state index contributed by atoms with van der Waals surface area (Å²) in [7, 11) is 0. The highest BCUT2D eigenvalue weighted by molar-refractivity contribution is 7.12. The van der Waals surface area contributed by atoms with Crippen molar-refractivity contribution in [2.45, 2.75) is 19.8 Å². The maximum absolute atomic E-state index is 12.1. The van der Waals surface area contributed by atoms with Gasteiger partial charge in [-0.05, 0) is 36.8 Å². The predicted octanol–water partition coefficient (Wildman–Crippen LogP) is 5.04. The molecule has 2 aromatic rings. The summed E-state index contributed by atoms with van der Waals surface area (Å²) in [5.41, 5.74) is 0.535. The third-order valence-corrected chi connectivity index (χ3v) is 4.41. The molecule has 0 aliphatic heterocycles. The summed E-state index contributed by atoms with van der Waals surface area (Å²) in [6.07, 6.45) is 1.40. The van der Waals surface area contributed by atoms with Gasteiger partial charge in [-0.3, -0.25) is 4.79 Å². The Morgan fingerprint density at radius 3 is 2.50 bits per heavy atom. The highest BCUT2D eigenvalue weighted by Crippen LogP contribution is 2.24. The van der Waals surface area contributed by atoms with E-state index in [1.54, 1.807) is 29.5 Å². The Morgan fingerprint density at radius 1 is 1.17 bits per heavy atom. The third-order valence-electron chi connectivity index (χ3n) is 2.63. The zero-order valence-corrected chi connectivity index (χ0v) is 12.2. The average Bonchev–Trinajstić information content (AvgIpc) is 2.76. The third kappa shape index (κ3) is 3.14. The van der Waals surface area contributed by atoms with E-state index in [9.17, 15) is 4.79 Å². The van der Waals surface area contributed by atoms with Crippen LogP contribution in [0.15, 0.2) is 30.3 Å². The molecule has 0 aliphatic carbocycles. The van der Waals surface area contributed by atoms with E-state index in [1.807, 2.05) is 6.07 Å². The first-order valence-electron chi connectivity index (χ1n) is 5.66. The molecule has 0 atom stereocenters. The Morgan fingerprint density at radius 2 is 1.89 bits per heavy atom. The van der Waals surface area contributed by atoms with Crippen LogP contribution in [0.3, 0.4) is 0 Å². The SMILES string of the molecule is CCc1ccc(CC(=O)c2ccc(Cl)cc2Cl)s1. The topological polar surface area (TPSA) is 17.1 Å². The molecular weight excluding hydrogens is 287 g/mol. The fraction of sp³-hybridized carbons (Fsp3) is 0.214. The fourth-order valence-corrected chi connectivity index (χ4v) is 3.15. The number of benzene rings is 1. The van der Waals surface area contributed by atoms with Crippen molar-refractivity contribution in [1.82, 2.24) is 0 Å². The van der Waals surface area contributed by atoms with E-state index in [0.29, 0.717) is 22.0 Å². The summed E-state index contributed by atoms with van der Waals surface area (Å²) in [5, 5.41) is 0.959. The van der Waals surface area contributed by atoms with Gasteiger partial charge in [0.15, 0.2) is 5.78 Å². The molecule has 18 heavy (non-hydrogen) atoms. The van der Waals surface area contributed by atoms with E-state index >= 15 is 0 Å². The van der Waals surface area contributed by atoms with Gasteiger partial charge in [0.05, 0.1) is 5.02 Å². The number of rotatable bonds is 4. The lowest BCUT2D eigenvalue weighted by Gasteiger charge is -2.02. The Bertz CT molecular complexity index is 575. The molecule has 0 bridgehead atoms. The number of thiophene rings is 1. The Kier molecular flexibility index (Phi) is 4.44. The van der Waals surface area contributed by atoms with Gasteiger partial charge in [0, 0.05) is 26.8 Å². The Balaban J connectivity index is 2.16. The van der Waals surface area contributed by atoms with Gasteiger partial charge in [-0.15, -0.1) is 11.3 Å². The van der Waals surface area contributed by atoms with Crippen LogP contribution >= 0.6 is 34.5 Å². The molecule has 0 fully saturated rings. The smallest absolute Gasteiger partial charge is 0.169 e. The molecule has 0 saturated heterocycles. The number of carbonyl (C=O) groups excluding carboxylic acids is 1. The van der Waals surface area contributed by atoms with Crippen LogP contribution in [-0.4, -0.2) is 5.78 Å². The molecule has 1 aromatic heterocycles. The first-order valence-corrected chi connectivity index (χ1v) is 7.23. The lowest BCUT2D eigenvalue weighted by molar-refractivity contribution is 0.0994. The standard InChI is InChI=1S/C14H12Cl2OS/c1-2-10-4-5-11(18-10)8-14(17)12-6-3-9(15)7-13(12)16/h3-7H,2,8H2,1H3. The largest absolute Gasteiger partial charge is 0.294 e. The van der Waals surface area contributed by atoms with Crippen molar-refractivity contribution in [3.63, 3.8) is 0 Å². The van der Waals surface area contributed by atoms with Gasteiger partial charge < -0.3 is 0 Å². The number of ketones is 1. The summed E-state index contributed by atoms with van der Waals surface area (Å²) in [5.74, 6) is 0.0289. The number of aryl methyl sites for hydroxylation is 1. The first-order chi connectivity index (χ1) is 8.60. The summed E-state index contributed by atoms with van der Waals surface area (Å²) in [6.45, 7) is 2.10. The molecule has 0 aliphatic rings. The summed E-state index contributed by atoms with van der Waals surface area (Å²) in [4.78, 5) is 14.5. The second-order valence-corrected chi connectivity index (χ2v) is 6.04. The van der Waals surface area contributed by atoms with Crippen LogP contribution in [0.25, 0.3) is 0 Å². The number of carbonyl (C=O) groups is 1. The molecule has 94 valence electrons. The summed E-state index contributed by atoms with van der Waals surface area (Å²) in [6, 6.07) is 9.04. The van der Waals surface area contributed by atoms with E-state index in [-0.39, 0.29) is 5.78 Å². The number of hydrogen-bond donors (Lipinski definition) is 0. The monoisotopic (exact) mass is 298 g/mol. The highest BCUT2D eigenvalue weighted by Gasteiger charge is 2.12. The van der Waals surface area contributed by atoms with Crippen molar-refractivity contribution in [2.75, 3.05) is 0 Å². The van der Waals surface area contributed by atoms with Crippen LogP contribution in [-0.2, 0) is 12.8 Å². The van der Waals surface area contributed by atoms with Gasteiger partial charge in [0.2, 0.25) is 0 Å². The number of hydrogen-bond acceptors (Lipinski definition) is 2. The van der Waals surface area contributed by atoms with E-state index in [1.165, 1.54) is 4.88 Å². The second kappa shape index (κ2) is 5.87. The van der Waals surface area contributed by atoms with Crippen molar-refractivity contribution < 1.29 is 4.79 Å². The Hall–Kier alpha value is -0.830. The van der Waals surface area contributed by atoms with Crippen LogP contribution in [0.4, 0.5) is 0 Å². The summed E-state index contributed by atoms with van der Waals surface area (Å²) >= 11 is 13.5. The minimum absolute atomic E-state index is 0.0289. The number of Topliss-reactive ketones (excluding diaryl/α,β-unsaturated/α-hetero) is 1. The zero-order valence-electron chi connectivity index (χ0n) is 9.87. The van der Waals surface area contributed by atoms with Gasteiger partial charge in [-0.25, -0.2) is 0 Å². The molecule has 1 nitrogen and oxygen atoms in total. The normalized spacial score (nSPS) is 10.6. The molecule has 0 spiro atoms. The molecule has 0 saturated carbocycles. The zero-order chi connectivity index (χ0) is 13.1. The van der Waals surface area contributed by atoms with Crippen LogP contribution in [0.5, 0.6) is 0 Å². The molecule has 0 N–H and O–H groups in total. The average molecular weight is 299 g/mol. The van der Waals surface area contributed by atoms with Crippen molar-refractivity contribution in [1.29, 1.82) is 0 Å². The number of halogens is 2. The first kappa shape index (κ1) is 13.6. The van der Waals surface area contributed by atoms with Crippen molar-refractivity contribution in [3.05, 3.63) is 55.7 Å². The molecule has 0 radical (unpaired) electrons. The van der Waals surface area contributed by atoms with Crippen molar-refractivity contribution in [3.8, 4) is 0 Å². The molecule has 0 unspecified atom stereocenters. The molecule has 1 heterocycles. The quantitative estimate of drug-likeness (QED) is 0.723. The second-order valence-electron chi connectivity index (χ2n) is 3.95. The van der Waals surface area contributed by atoms with Crippen molar-refractivity contribution in [2.24, 2.45) is 0 Å². The summed E-state index contributed by atoms with van der Waals surface area (Å²) < 4.78 is 0. The van der Waals surface area contributed by atoms with Crippen LogP contribution < -0.4 is 0 Å². The minimum Gasteiger partial charge on any atom is -0.294 e. The van der Waals surface area contributed by atoms with E-state index in [0.717, 1.165) is 11.3 Å². The van der Waals surface area contributed by atoms with Gasteiger partial charge in [0.1, 0.15) is 0 Å². The van der Waals surface area contributed by atoms with Gasteiger partial charge in [-0.1, -0.05) is 30.1 Å².